The zero-order valence-electron chi connectivity index (χ0n) is 9.80. The third-order valence-corrected chi connectivity index (χ3v) is 3.60. The summed E-state index contributed by atoms with van der Waals surface area (Å²) >= 11 is 1.68. The Morgan fingerprint density at radius 1 is 1.53 bits per heavy atom. The van der Waals surface area contributed by atoms with Gasteiger partial charge in [-0.25, -0.2) is 4.98 Å². The van der Waals surface area contributed by atoms with Gasteiger partial charge in [0.15, 0.2) is 0 Å². The first-order chi connectivity index (χ1) is 8.22. The van der Waals surface area contributed by atoms with Crippen LogP contribution in [0.5, 0.6) is 0 Å². The Hall–Kier alpha value is -1.47. The summed E-state index contributed by atoms with van der Waals surface area (Å²) < 4.78 is 5.28. The fourth-order valence-corrected chi connectivity index (χ4v) is 2.19. The minimum Gasteiger partial charge on any atom is -0.407 e. The first-order valence-corrected chi connectivity index (χ1v) is 6.28. The Morgan fingerprint density at radius 2 is 2.35 bits per heavy atom. The Labute approximate surface area is 103 Å². The van der Waals surface area contributed by atoms with Crippen molar-refractivity contribution in [1.29, 1.82) is 0 Å². The summed E-state index contributed by atoms with van der Waals surface area (Å²) in [4.78, 5) is 5.62. The highest BCUT2D eigenvalue weighted by Gasteiger charge is 2.13. The summed E-state index contributed by atoms with van der Waals surface area (Å²) in [7, 11) is 0. The lowest BCUT2D eigenvalue weighted by atomic mass is 10.4. The predicted molar refractivity (Wildman–Crippen MR) is 65.7 cm³/mol. The zero-order valence-corrected chi connectivity index (χ0v) is 10.6. The van der Waals surface area contributed by atoms with E-state index in [2.05, 4.69) is 27.4 Å². The van der Waals surface area contributed by atoms with E-state index in [4.69, 9.17) is 10.2 Å². The topological polar surface area (TPSA) is 89.9 Å². The number of nitrogens with two attached hydrogens (primary N) is 1. The summed E-state index contributed by atoms with van der Waals surface area (Å²) in [6.07, 6.45) is 2.90. The molecule has 0 aromatic carbocycles. The average Bonchev–Trinajstić information content (AvgIpc) is 2.96. The van der Waals surface area contributed by atoms with Crippen LogP contribution in [0.25, 0.3) is 0 Å². The van der Waals surface area contributed by atoms with Crippen LogP contribution >= 0.6 is 11.3 Å². The van der Waals surface area contributed by atoms with Crippen LogP contribution in [0.3, 0.4) is 0 Å². The van der Waals surface area contributed by atoms with Gasteiger partial charge < -0.3 is 15.5 Å². The molecule has 3 N–H and O–H groups in total. The van der Waals surface area contributed by atoms with E-state index >= 15 is 0 Å². The van der Waals surface area contributed by atoms with Gasteiger partial charge in [0.05, 0.1) is 12.6 Å². The van der Waals surface area contributed by atoms with E-state index in [9.17, 15) is 0 Å². The van der Waals surface area contributed by atoms with Crippen molar-refractivity contribution < 1.29 is 4.42 Å². The monoisotopic (exact) mass is 253 g/mol. The average molecular weight is 253 g/mol. The number of anilines is 1. The molecule has 0 saturated heterocycles. The van der Waals surface area contributed by atoms with Gasteiger partial charge >= 0.3 is 6.01 Å². The first kappa shape index (κ1) is 12.0. The van der Waals surface area contributed by atoms with E-state index in [1.165, 1.54) is 4.88 Å². The summed E-state index contributed by atoms with van der Waals surface area (Å²) in [6.45, 7) is 4.37. The number of rotatable bonds is 5. The van der Waals surface area contributed by atoms with Gasteiger partial charge in [0, 0.05) is 11.1 Å². The zero-order chi connectivity index (χ0) is 12.3. The minimum absolute atomic E-state index is 0.0476. The molecule has 0 bridgehead atoms. The third-order valence-electron chi connectivity index (χ3n) is 2.27. The molecule has 1 atom stereocenters. The predicted octanol–water partition coefficient (Wildman–Crippen LogP) is 1.72. The van der Waals surface area contributed by atoms with Crippen LogP contribution in [-0.2, 0) is 13.0 Å². The van der Waals surface area contributed by atoms with Gasteiger partial charge in [-0.2, -0.15) is 0 Å². The Bertz CT molecular complexity index is 481. The van der Waals surface area contributed by atoms with Crippen LogP contribution in [0.1, 0.15) is 35.7 Å². The van der Waals surface area contributed by atoms with Crippen molar-refractivity contribution in [3.63, 3.8) is 0 Å². The molecular formula is C10H15N5OS. The Morgan fingerprint density at radius 3 is 2.94 bits per heavy atom. The van der Waals surface area contributed by atoms with Gasteiger partial charge in [-0.3, -0.25) is 0 Å². The highest BCUT2D eigenvalue weighted by atomic mass is 32.1. The number of aromatic nitrogens is 3. The van der Waals surface area contributed by atoms with Crippen molar-refractivity contribution in [2.24, 2.45) is 5.73 Å². The largest absolute Gasteiger partial charge is 0.407 e. The molecule has 0 aliphatic carbocycles. The van der Waals surface area contributed by atoms with Crippen LogP contribution in [0.4, 0.5) is 6.01 Å². The Balaban J connectivity index is 2.02. The molecule has 6 nitrogen and oxygen atoms in total. The molecular weight excluding hydrogens is 238 g/mol. The normalized spacial score (nSPS) is 12.6. The molecule has 0 aliphatic rings. The van der Waals surface area contributed by atoms with Gasteiger partial charge in [-0.1, -0.05) is 12.0 Å². The van der Waals surface area contributed by atoms with E-state index < -0.39 is 0 Å². The highest BCUT2D eigenvalue weighted by molar-refractivity contribution is 7.11. The maximum Gasteiger partial charge on any atom is 0.316 e. The second kappa shape index (κ2) is 5.24. The van der Waals surface area contributed by atoms with Gasteiger partial charge in [-0.15, -0.1) is 16.4 Å². The quantitative estimate of drug-likeness (QED) is 0.843. The molecule has 2 rings (SSSR count). The molecule has 0 spiro atoms. The molecule has 17 heavy (non-hydrogen) atoms. The van der Waals surface area contributed by atoms with Gasteiger partial charge in [0.2, 0.25) is 5.89 Å². The van der Waals surface area contributed by atoms with Crippen molar-refractivity contribution >= 4 is 17.4 Å². The van der Waals surface area contributed by atoms with Gasteiger partial charge in [0.25, 0.3) is 0 Å². The minimum atomic E-state index is 0.0476. The summed E-state index contributed by atoms with van der Waals surface area (Å²) in [5.74, 6) is 0.424. The number of hydrogen-bond acceptors (Lipinski definition) is 7. The molecule has 2 aromatic rings. The van der Waals surface area contributed by atoms with Crippen LogP contribution < -0.4 is 11.1 Å². The highest BCUT2D eigenvalue weighted by Crippen LogP contribution is 2.23. The smallest absolute Gasteiger partial charge is 0.316 e. The van der Waals surface area contributed by atoms with Crippen molar-refractivity contribution in [3.8, 4) is 0 Å². The lowest BCUT2D eigenvalue weighted by Crippen LogP contribution is -2.06. The van der Waals surface area contributed by atoms with Crippen LogP contribution in [-0.4, -0.2) is 15.2 Å². The number of aryl methyl sites for hydroxylation is 1. The maximum absolute atomic E-state index is 5.39. The molecule has 92 valence electrons. The third kappa shape index (κ3) is 2.80. The van der Waals surface area contributed by atoms with E-state index in [-0.39, 0.29) is 12.6 Å². The SMILES string of the molecule is CCc1cnc(C(C)Nc2nnc(CN)o2)s1. The molecule has 0 radical (unpaired) electrons. The molecule has 2 aromatic heterocycles. The molecule has 2 heterocycles. The fraction of sp³-hybridized carbons (Fsp3) is 0.500. The molecule has 0 amide bonds. The fourth-order valence-electron chi connectivity index (χ4n) is 1.33. The van der Waals surface area contributed by atoms with E-state index in [0.717, 1.165) is 11.4 Å². The van der Waals surface area contributed by atoms with Crippen LogP contribution in [0, 0.1) is 0 Å². The van der Waals surface area contributed by atoms with E-state index in [1.54, 1.807) is 11.3 Å². The summed E-state index contributed by atoms with van der Waals surface area (Å²) in [5.41, 5.74) is 5.39. The van der Waals surface area contributed by atoms with E-state index in [0.29, 0.717) is 11.9 Å². The van der Waals surface area contributed by atoms with Gasteiger partial charge in [-0.05, 0) is 13.3 Å². The standard InChI is InChI=1S/C10H15N5OS/c1-3-7-5-12-9(17-7)6(2)13-10-15-14-8(4-11)16-10/h5-6H,3-4,11H2,1-2H3,(H,13,15). The first-order valence-electron chi connectivity index (χ1n) is 5.46. The number of nitrogens with zero attached hydrogens (tertiary/aromatic N) is 3. The second-order valence-corrected chi connectivity index (χ2v) is 4.74. The lowest BCUT2D eigenvalue weighted by molar-refractivity contribution is 0.503. The Kier molecular flexibility index (Phi) is 3.70. The van der Waals surface area contributed by atoms with Crippen molar-refractivity contribution in [3.05, 3.63) is 22.0 Å². The molecule has 1 unspecified atom stereocenters. The lowest BCUT2D eigenvalue weighted by Gasteiger charge is -2.07. The maximum atomic E-state index is 5.39. The molecule has 7 heteroatoms. The van der Waals surface area contributed by atoms with Crippen molar-refractivity contribution in [2.75, 3.05) is 5.32 Å². The van der Waals surface area contributed by atoms with Crippen LogP contribution in [0.15, 0.2) is 10.6 Å². The number of hydrogen-bond donors (Lipinski definition) is 2. The van der Waals surface area contributed by atoms with Gasteiger partial charge in [0.1, 0.15) is 5.01 Å². The van der Waals surface area contributed by atoms with Crippen molar-refractivity contribution in [2.45, 2.75) is 32.9 Å². The van der Waals surface area contributed by atoms with Crippen LogP contribution in [0.2, 0.25) is 0 Å². The van der Waals surface area contributed by atoms with E-state index in [1.807, 2.05) is 13.1 Å². The molecule has 0 aliphatic heterocycles. The summed E-state index contributed by atoms with van der Waals surface area (Å²) in [5, 5.41) is 11.7. The molecule has 0 saturated carbocycles. The second-order valence-electron chi connectivity index (χ2n) is 3.59. The summed E-state index contributed by atoms with van der Waals surface area (Å²) in [6, 6.07) is 0.428. The molecule has 0 fully saturated rings. The van der Waals surface area contributed by atoms with Crippen molar-refractivity contribution in [1.82, 2.24) is 15.2 Å². The number of thiazole rings is 1. The number of nitrogens with one attached hydrogen (secondary N) is 1.